The summed E-state index contributed by atoms with van der Waals surface area (Å²) in [5.74, 6) is -0.146. The summed E-state index contributed by atoms with van der Waals surface area (Å²) >= 11 is 0. The predicted octanol–water partition coefficient (Wildman–Crippen LogP) is 1.74. The standard InChI is InChI=1S/C13H23NO3/c1-10(11-6-8-17-9-11)14-7-4-2-3-5-12(14)13(15)16/h10-12H,2-9H2,1H3,(H,15,16). The van der Waals surface area contributed by atoms with Crippen LogP contribution in [0.25, 0.3) is 0 Å². The van der Waals surface area contributed by atoms with E-state index < -0.39 is 5.97 Å². The van der Waals surface area contributed by atoms with Crippen LogP contribution in [0.15, 0.2) is 0 Å². The second-order valence-electron chi connectivity index (χ2n) is 5.31. The van der Waals surface area contributed by atoms with E-state index in [4.69, 9.17) is 4.74 Å². The largest absolute Gasteiger partial charge is 0.480 e. The van der Waals surface area contributed by atoms with Gasteiger partial charge >= 0.3 is 5.97 Å². The molecule has 0 aliphatic carbocycles. The van der Waals surface area contributed by atoms with Crippen molar-refractivity contribution in [2.75, 3.05) is 19.8 Å². The number of carbonyl (C=O) groups is 1. The van der Waals surface area contributed by atoms with Gasteiger partial charge < -0.3 is 9.84 Å². The zero-order chi connectivity index (χ0) is 12.3. The number of carboxylic acid groups (broad SMARTS) is 1. The first-order valence-corrected chi connectivity index (χ1v) is 6.76. The molecule has 2 rings (SSSR count). The molecule has 4 nitrogen and oxygen atoms in total. The van der Waals surface area contributed by atoms with Gasteiger partial charge in [-0.3, -0.25) is 9.69 Å². The van der Waals surface area contributed by atoms with Gasteiger partial charge in [0.15, 0.2) is 0 Å². The third-order valence-corrected chi connectivity index (χ3v) is 4.25. The molecule has 2 heterocycles. The molecular formula is C13H23NO3. The molecule has 0 bridgehead atoms. The molecule has 0 radical (unpaired) electrons. The van der Waals surface area contributed by atoms with Crippen LogP contribution in [0, 0.1) is 5.92 Å². The van der Waals surface area contributed by atoms with Crippen LogP contribution < -0.4 is 0 Å². The minimum absolute atomic E-state index is 0.284. The molecule has 3 atom stereocenters. The van der Waals surface area contributed by atoms with Gasteiger partial charge in [-0.25, -0.2) is 0 Å². The highest BCUT2D eigenvalue weighted by Crippen LogP contribution is 2.26. The molecule has 4 heteroatoms. The molecule has 0 amide bonds. The highest BCUT2D eigenvalue weighted by atomic mass is 16.5. The van der Waals surface area contributed by atoms with Crippen LogP contribution in [0.3, 0.4) is 0 Å². The summed E-state index contributed by atoms with van der Waals surface area (Å²) in [6.45, 7) is 4.72. The van der Waals surface area contributed by atoms with Gasteiger partial charge in [0.25, 0.3) is 0 Å². The summed E-state index contributed by atoms with van der Waals surface area (Å²) in [7, 11) is 0. The Labute approximate surface area is 103 Å². The first kappa shape index (κ1) is 12.8. The fraction of sp³-hybridized carbons (Fsp3) is 0.923. The number of hydrogen-bond acceptors (Lipinski definition) is 3. The maximum atomic E-state index is 11.4. The topological polar surface area (TPSA) is 49.8 Å². The van der Waals surface area contributed by atoms with Crippen LogP contribution in [0.1, 0.15) is 39.0 Å². The van der Waals surface area contributed by atoms with Crippen LogP contribution in [0.4, 0.5) is 0 Å². The Hall–Kier alpha value is -0.610. The molecule has 2 fully saturated rings. The van der Waals surface area contributed by atoms with E-state index in [0.717, 1.165) is 51.9 Å². The molecule has 2 aliphatic heterocycles. The van der Waals surface area contributed by atoms with Crippen molar-refractivity contribution in [3.05, 3.63) is 0 Å². The molecule has 0 saturated carbocycles. The van der Waals surface area contributed by atoms with E-state index in [1.165, 1.54) is 0 Å². The van der Waals surface area contributed by atoms with Crippen molar-refractivity contribution in [1.29, 1.82) is 0 Å². The molecule has 2 aliphatic rings. The molecule has 0 aromatic rings. The molecular weight excluding hydrogens is 218 g/mol. The van der Waals surface area contributed by atoms with Gasteiger partial charge in [-0.1, -0.05) is 12.8 Å². The predicted molar refractivity (Wildman–Crippen MR) is 65.0 cm³/mol. The summed E-state index contributed by atoms with van der Waals surface area (Å²) in [5, 5.41) is 9.35. The van der Waals surface area contributed by atoms with Crippen molar-refractivity contribution in [3.63, 3.8) is 0 Å². The zero-order valence-electron chi connectivity index (χ0n) is 10.6. The van der Waals surface area contributed by atoms with Gasteiger partial charge in [0.05, 0.1) is 6.61 Å². The van der Waals surface area contributed by atoms with Crippen LogP contribution >= 0.6 is 0 Å². The monoisotopic (exact) mass is 241 g/mol. The molecule has 17 heavy (non-hydrogen) atoms. The third-order valence-electron chi connectivity index (χ3n) is 4.25. The summed E-state index contributed by atoms with van der Waals surface area (Å²) < 4.78 is 5.42. The number of carboxylic acids is 1. The Kier molecular flexibility index (Phi) is 4.40. The number of nitrogens with zero attached hydrogens (tertiary/aromatic N) is 1. The van der Waals surface area contributed by atoms with Crippen LogP contribution in [0.2, 0.25) is 0 Å². The van der Waals surface area contributed by atoms with Crippen molar-refractivity contribution in [1.82, 2.24) is 4.90 Å². The molecule has 0 aromatic carbocycles. The maximum absolute atomic E-state index is 11.4. The number of rotatable bonds is 3. The molecule has 0 aromatic heterocycles. The summed E-state index contributed by atoms with van der Waals surface area (Å²) in [6.07, 6.45) is 5.20. The van der Waals surface area contributed by atoms with Crippen LogP contribution in [-0.4, -0.2) is 47.8 Å². The van der Waals surface area contributed by atoms with E-state index >= 15 is 0 Å². The second kappa shape index (κ2) is 5.83. The summed E-state index contributed by atoms with van der Waals surface area (Å²) in [6, 6.07) is 0.0461. The van der Waals surface area contributed by atoms with Gasteiger partial charge in [-0.05, 0) is 38.6 Å². The number of ether oxygens (including phenoxy) is 1. The Bertz CT molecular complexity index is 263. The lowest BCUT2D eigenvalue weighted by Crippen LogP contribution is -2.48. The minimum Gasteiger partial charge on any atom is -0.480 e. The average Bonchev–Trinajstić information content (AvgIpc) is 2.71. The SMILES string of the molecule is CC(C1CCOC1)N1CCCCCC1C(=O)O. The molecule has 2 saturated heterocycles. The summed E-state index contributed by atoms with van der Waals surface area (Å²) in [5.41, 5.74) is 0. The van der Waals surface area contributed by atoms with E-state index in [0.29, 0.717) is 12.0 Å². The third kappa shape index (κ3) is 2.99. The van der Waals surface area contributed by atoms with Crippen molar-refractivity contribution in [3.8, 4) is 0 Å². The number of hydrogen-bond donors (Lipinski definition) is 1. The van der Waals surface area contributed by atoms with E-state index in [1.807, 2.05) is 0 Å². The van der Waals surface area contributed by atoms with Gasteiger partial charge in [-0.2, -0.15) is 0 Å². The lowest BCUT2D eigenvalue weighted by atomic mass is 9.97. The lowest BCUT2D eigenvalue weighted by Gasteiger charge is -2.35. The van der Waals surface area contributed by atoms with Crippen molar-refractivity contribution in [2.24, 2.45) is 5.92 Å². The number of aliphatic carboxylic acids is 1. The van der Waals surface area contributed by atoms with Crippen molar-refractivity contribution >= 4 is 5.97 Å². The lowest BCUT2D eigenvalue weighted by molar-refractivity contribution is -0.144. The first-order chi connectivity index (χ1) is 8.20. The van der Waals surface area contributed by atoms with Gasteiger partial charge in [0, 0.05) is 12.6 Å². The van der Waals surface area contributed by atoms with E-state index in [9.17, 15) is 9.90 Å². The first-order valence-electron chi connectivity index (χ1n) is 6.76. The van der Waals surface area contributed by atoms with E-state index in [2.05, 4.69) is 11.8 Å². The van der Waals surface area contributed by atoms with E-state index in [1.54, 1.807) is 0 Å². The Morgan fingerprint density at radius 3 is 2.82 bits per heavy atom. The molecule has 98 valence electrons. The normalized spacial score (nSPS) is 33.2. The van der Waals surface area contributed by atoms with E-state index in [-0.39, 0.29) is 6.04 Å². The van der Waals surface area contributed by atoms with Gasteiger partial charge in [0.2, 0.25) is 0 Å². The Morgan fingerprint density at radius 1 is 1.35 bits per heavy atom. The average molecular weight is 241 g/mol. The summed E-state index contributed by atoms with van der Waals surface area (Å²) in [4.78, 5) is 13.6. The fourth-order valence-electron chi connectivity index (χ4n) is 3.09. The zero-order valence-corrected chi connectivity index (χ0v) is 10.6. The minimum atomic E-state index is -0.655. The number of likely N-dealkylation sites (tertiary alicyclic amines) is 1. The molecule has 3 unspecified atom stereocenters. The van der Waals surface area contributed by atoms with Crippen molar-refractivity contribution < 1.29 is 14.6 Å². The van der Waals surface area contributed by atoms with Crippen LogP contribution in [0.5, 0.6) is 0 Å². The fourth-order valence-corrected chi connectivity index (χ4v) is 3.09. The molecule has 1 N–H and O–H groups in total. The smallest absolute Gasteiger partial charge is 0.320 e. The van der Waals surface area contributed by atoms with Gasteiger partial charge in [0.1, 0.15) is 6.04 Å². The quantitative estimate of drug-likeness (QED) is 0.817. The highest BCUT2D eigenvalue weighted by Gasteiger charge is 2.35. The van der Waals surface area contributed by atoms with Crippen LogP contribution in [-0.2, 0) is 9.53 Å². The van der Waals surface area contributed by atoms with Gasteiger partial charge in [-0.15, -0.1) is 0 Å². The maximum Gasteiger partial charge on any atom is 0.320 e. The van der Waals surface area contributed by atoms with Crippen molar-refractivity contribution in [2.45, 2.75) is 51.1 Å². The molecule has 0 spiro atoms. The Morgan fingerprint density at radius 2 is 2.18 bits per heavy atom. The Balaban J connectivity index is 2.05. The highest BCUT2D eigenvalue weighted by molar-refractivity contribution is 5.73. The second-order valence-corrected chi connectivity index (χ2v) is 5.31.